The third-order valence-electron chi connectivity index (χ3n) is 4.30. The lowest BCUT2D eigenvalue weighted by molar-refractivity contribution is -0.00829. The molecule has 1 saturated heterocycles. The summed E-state index contributed by atoms with van der Waals surface area (Å²) in [7, 11) is 0. The summed E-state index contributed by atoms with van der Waals surface area (Å²) in [4.78, 5) is 11.7. The topological polar surface area (TPSA) is 38.2 Å². The van der Waals surface area contributed by atoms with Gasteiger partial charge in [-0.2, -0.15) is 0 Å². The summed E-state index contributed by atoms with van der Waals surface area (Å²) in [6, 6.07) is 0. The molecule has 0 aliphatic carbocycles. The first kappa shape index (κ1) is 14.0. The molecular weight excluding hydrogens is 250 g/mol. The summed E-state index contributed by atoms with van der Waals surface area (Å²) in [5.41, 5.74) is 2.56. The molecule has 1 aromatic rings. The van der Waals surface area contributed by atoms with E-state index in [1.54, 1.807) is 0 Å². The number of aromatic nitrogens is 2. The predicted molar refractivity (Wildman–Crippen MR) is 78.7 cm³/mol. The monoisotopic (exact) mass is 275 g/mol. The molecule has 0 bridgehead atoms. The molecular formula is C16H25N3O. The van der Waals surface area contributed by atoms with Crippen LogP contribution < -0.4 is 0 Å². The van der Waals surface area contributed by atoms with Gasteiger partial charge in [0, 0.05) is 38.4 Å². The van der Waals surface area contributed by atoms with E-state index in [1.807, 2.05) is 6.20 Å². The molecule has 2 aliphatic heterocycles. The predicted octanol–water partition coefficient (Wildman–Crippen LogP) is 2.53. The van der Waals surface area contributed by atoms with E-state index in [-0.39, 0.29) is 0 Å². The van der Waals surface area contributed by atoms with Gasteiger partial charge < -0.3 is 4.74 Å². The van der Waals surface area contributed by atoms with Gasteiger partial charge in [-0.1, -0.05) is 13.8 Å². The Morgan fingerprint density at radius 2 is 2.30 bits per heavy atom. The number of rotatable bonds is 3. The van der Waals surface area contributed by atoms with E-state index in [2.05, 4.69) is 23.7 Å². The van der Waals surface area contributed by atoms with Crippen LogP contribution in [0.1, 0.15) is 56.1 Å². The third kappa shape index (κ3) is 3.18. The largest absolute Gasteiger partial charge is 0.377 e. The van der Waals surface area contributed by atoms with Gasteiger partial charge in [0.2, 0.25) is 0 Å². The minimum atomic E-state index is 0.400. The fourth-order valence-corrected chi connectivity index (χ4v) is 3.05. The summed E-state index contributed by atoms with van der Waals surface area (Å²) in [6.07, 6.45) is 7.28. The molecule has 4 nitrogen and oxygen atoms in total. The lowest BCUT2D eigenvalue weighted by atomic mass is 10.0. The highest BCUT2D eigenvalue weighted by atomic mass is 16.5. The van der Waals surface area contributed by atoms with Crippen molar-refractivity contribution < 1.29 is 4.74 Å². The molecule has 0 amide bonds. The van der Waals surface area contributed by atoms with Crippen molar-refractivity contribution in [3.8, 4) is 0 Å². The molecule has 2 aliphatic rings. The zero-order valence-corrected chi connectivity index (χ0v) is 12.6. The van der Waals surface area contributed by atoms with Crippen LogP contribution in [0.5, 0.6) is 0 Å². The Labute approximate surface area is 121 Å². The Bertz CT molecular complexity index is 455. The summed E-state index contributed by atoms with van der Waals surface area (Å²) < 4.78 is 5.86. The number of hydrogen-bond acceptors (Lipinski definition) is 4. The normalized spacial score (nSPS) is 23.9. The minimum Gasteiger partial charge on any atom is -0.377 e. The van der Waals surface area contributed by atoms with Gasteiger partial charge in [-0.25, -0.2) is 9.97 Å². The van der Waals surface area contributed by atoms with Gasteiger partial charge >= 0.3 is 0 Å². The van der Waals surface area contributed by atoms with Crippen LogP contribution in [-0.2, 0) is 17.7 Å². The molecule has 20 heavy (non-hydrogen) atoms. The van der Waals surface area contributed by atoms with Crippen LogP contribution in [0.3, 0.4) is 0 Å². The maximum absolute atomic E-state index is 5.86. The lowest BCUT2D eigenvalue weighted by Crippen LogP contribution is -2.39. The van der Waals surface area contributed by atoms with E-state index in [0.29, 0.717) is 12.0 Å². The van der Waals surface area contributed by atoms with Gasteiger partial charge in [-0.15, -0.1) is 0 Å². The van der Waals surface area contributed by atoms with Crippen LogP contribution >= 0.6 is 0 Å². The molecule has 3 rings (SSSR count). The van der Waals surface area contributed by atoms with Crippen molar-refractivity contribution in [2.24, 2.45) is 0 Å². The molecule has 110 valence electrons. The highest BCUT2D eigenvalue weighted by molar-refractivity contribution is 5.21. The highest BCUT2D eigenvalue weighted by Gasteiger charge is 2.23. The van der Waals surface area contributed by atoms with E-state index in [0.717, 1.165) is 38.5 Å². The van der Waals surface area contributed by atoms with Crippen molar-refractivity contribution in [3.63, 3.8) is 0 Å². The fourth-order valence-electron chi connectivity index (χ4n) is 3.05. The summed E-state index contributed by atoms with van der Waals surface area (Å²) in [5, 5.41) is 0. The Morgan fingerprint density at radius 3 is 3.05 bits per heavy atom. The van der Waals surface area contributed by atoms with Gasteiger partial charge in [0.25, 0.3) is 0 Å². The Hall–Kier alpha value is -1.00. The Morgan fingerprint density at radius 1 is 1.40 bits per heavy atom. The maximum atomic E-state index is 5.86. The molecule has 4 heteroatoms. The quantitative estimate of drug-likeness (QED) is 0.849. The average Bonchev–Trinajstić information content (AvgIpc) is 2.47. The molecule has 1 aromatic heterocycles. The van der Waals surface area contributed by atoms with Crippen LogP contribution in [0.2, 0.25) is 0 Å². The van der Waals surface area contributed by atoms with Gasteiger partial charge in [0.1, 0.15) is 5.82 Å². The van der Waals surface area contributed by atoms with Crippen LogP contribution in [0.25, 0.3) is 0 Å². The number of fused-ring (bicyclic) bond motifs is 1. The molecule has 0 saturated carbocycles. The standard InChI is InChI=1S/C16H25N3O/c1-12(2)16-17-9-13-6-7-19(11-15(13)18-16)10-14-5-3-4-8-20-14/h9,12,14H,3-8,10-11H2,1-2H3/t14-/m1/s1. The van der Waals surface area contributed by atoms with Gasteiger partial charge in [0.05, 0.1) is 11.8 Å². The van der Waals surface area contributed by atoms with Gasteiger partial charge in [-0.3, -0.25) is 4.90 Å². The van der Waals surface area contributed by atoms with E-state index in [4.69, 9.17) is 9.72 Å². The third-order valence-corrected chi connectivity index (χ3v) is 4.30. The van der Waals surface area contributed by atoms with Gasteiger partial charge in [-0.05, 0) is 31.2 Å². The maximum Gasteiger partial charge on any atom is 0.131 e. The smallest absolute Gasteiger partial charge is 0.131 e. The zero-order chi connectivity index (χ0) is 13.9. The van der Waals surface area contributed by atoms with Crippen LogP contribution in [0.15, 0.2) is 6.20 Å². The van der Waals surface area contributed by atoms with Crippen molar-refractivity contribution >= 4 is 0 Å². The molecule has 1 fully saturated rings. The SMILES string of the molecule is CC(C)c1ncc2c(n1)CN(C[C@H]1CCCCO1)CC2. The second-order valence-corrected chi connectivity index (χ2v) is 6.33. The summed E-state index contributed by atoms with van der Waals surface area (Å²) in [5.74, 6) is 1.37. The first-order chi connectivity index (χ1) is 9.72. The zero-order valence-electron chi connectivity index (χ0n) is 12.6. The summed E-state index contributed by atoms with van der Waals surface area (Å²) >= 11 is 0. The van der Waals surface area contributed by atoms with Crippen LogP contribution in [0, 0.1) is 0 Å². The van der Waals surface area contributed by atoms with Crippen molar-refractivity contribution in [2.45, 2.75) is 58.1 Å². The molecule has 0 N–H and O–H groups in total. The first-order valence-corrected chi connectivity index (χ1v) is 7.91. The van der Waals surface area contributed by atoms with Crippen LogP contribution in [0.4, 0.5) is 0 Å². The van der Waals surface area contributed by atoms with Crippen molar-refractivity contribution in [2.75, 3.05) is 19.7 Å². The van der Waals surface area contributed by atoms with E-state index < -0.39 is 0 Å². The molecule has 0 radical (unpaired) electrons. The Balaban J connectivity index is 1.65. The summed E-state index contributed by atoms with van der Waals surface area (Å²) in [6.45, 7) is 8.36. The molecule has 3 heterocycles. The number of hydrogen-bond donors (Lipinski definition) is 0. The van der Waals surface area contributed by atoms with Crippen molar-refractivity contribution in [3.05, 3.63) is 23.3 Å². The molecule has 1 atom stereocenters. The first-order valence-electron chi connectivity index (χ1n) is 7.91. The second kappa shape index (κ2) is 6.19. The van der Waals surface area contributed by atoms with Crippen LogP contribution in [-0.4, -0.2) is 40.7 Å². The minimum absolute atomic E-state index is 0.400. The fraction of sp³-hybridized carbons (Fsp3) is 0.750. The van der Waals surface area contributed by atoms with E-state index >= 15 is 0 Å². The number of ether oxygens (including phenoxy) is 1. The van der Waals surface area contributed by atoms with Crippen molar-refractivity contribution in [1.82, 2.24) is 14.9 Å². The Kier molecular flexibility index (Phi) is 4.32. The van der Waals surface area contributed by atoms with Crippen molar-refractivity contribution in [1.29, 1.82) is 0 Å². The van der Waals surface area contributed by atoms with E-state index in [1.165, 1.54) is 30.5 Å². The lowest BCUT2D eigenvalue weighted by Gasteiger charge is -2.32. The molecule has 0 spiro atoms. The molecule has 0 unspecified atom stereocenters. The number of nitrogens with zero attached hydrogens (tertiary/aromatic N) is 3. The highest BCUT2D eigenvalue weighted by Crippen LogP contribution is 2.21. The van der Waals surface area contributed by atoms with Gasteiger partial charge in [0.15, 0.2) is 0 Å². The second-order valence-electron chi connectivity index (χ2n) is 6.33. The molecule has 0 aromatic carbocycles. The van der Waals surface area contributed by atoms with E-state index in [9.17, 15) is 0 Å². The average molecular weight is 275 g/mol.